The van der Waals surface area contributed by atoms with Gasteiger partial charge in [-0.1, -0.05) is 0 Å². The van der Waals surface area contributed by atoms with E-state index < -0.39 is 17.7 Å². The lowest BCUT2D eigenvalue weighted by Gasteiger charge is -2.07. The van der Waals surface area contributed by atoms with Crippen LogP contribution in [-0.4, -0.2) is 12.6 Å². The van der Waals surface area contributed by atoms with Crippen molar-refractivity contribution in [3.8, 4) is 0 Å². The Morgan fingerprint density at radius 3 is 2.20 bits per heavy atom. The summed E-state index contributed by atoms with van der Waals surface area (Å²) in [6.07, 6.45) is -4.38. The molecule has 0 radical (unpaired) electrons. The molecule has 0 aliphatic carbocycles. The van der Waals surface area contributed by atoms with Gasteiger partial charge >= 0.3 is 12.1 Å². The van der Waals surface area contributed by atoms with Gasteiger partial charge in [0.15, 0.2) is 0 Å². The van der Waals surface area contributed by atoms with E-state index in [-0.39, 0.29) is 12.2 Å². The molecule has 0 bridgehead atoms. The zero-order valence-corrected chi connectivity index (χ0v) is 7.97. The van der Waals surface area contributed by atoms with Crippen molar-refractivity contribution in [2.24, 2.45) is 0 Å². The summed E-state index contributed by atoms with van der Waals surface area (Å²) in [5.41, 5.74) is -0.666. The summed E-state index contributed by atoms with van der Waals surface area (Å²) in [6, 6.07) is 3.90. The molecule has 1 rings (SSSR count). The van der Waals surface area contributed by atoms with Crippen LogP contribution in [0.4, 0.5) is 13.2 Å². The summed E-state index contributed by atoms with van der Waals surface area (Å²) < 4.78 is 41.1. The summed E-state index contributed by atoms with van der Waals surface area (Å²) in [4.78, 5) is 11.1. The fourth-order valence-corrected chi connectivity index (χ4v) is 1.01. The lowest BCUT2D eigenvalue weighted by atomic mass is 10.1. The van der Waals surface area contributed by atoms with E-state index in [1.54, 1.807) is 6.92 Å². The number of hydrogen-bond donors (Lipinski definition) is 0. The molecule has 0 heterocycles. The third-order valence-corrected chi connectivity index (χ3v) is 1.72. The van der Waals surface area contributed by atoms with Crippen LogP contribution in [0.2, 0.25) is 0 Å². The molecule has 0 spiro atoms. The van der Waals surface area contributed by atoms with Crippen molar-refractivity contribution in [1.82, 2.24) is 0 Å². The first-order valence-corrected chi connectivity index (χ1v) is 4.29. The Bertz CT molecular complexity index is 341. The lowest BCUT2D eigenvalue weighted by molar-refractivity contribution is -0.137. The van der Waals surface area contributed by atoms with Crippen molar-refractivity contribution >= 4 is 5.97 Å². The van der Waals surface area contributed by atoms with Crippen molar-refractivity contribution < 1.29 is 22.7 Å². The van der Waals surface area contributed by atoms with E-state index in [0.717, 1.165) is 24.3 Å². The van der Waals surface area contributed by atoms with E-state index in [9.17, 15) is 18.0 Å². The summed E-state index contributed by atoms with van der Waals surface area (Å²) in [5, 5.41) is 0. The van der Waals surface area contributed by atoms with Crippen molar-refractivity contribution in [1.29, 1.82) is 0 Å². The summed E-state index contributed by atoms with van der Waals surface area (Å²) in [5.74, 6) is -0.619. The maximum absolute atomic E-state index is 12.2. The molecule has 82 valence electrons. The van der Waals surface area contributed by atoms with Gasteiger partial charge in [0.05, 0.1) is 17.7 Å². The standard InChI is InChI=1S/C10H9F3O2/c1-2-15-9(14)7-3-5-8(6-4-7)10(11,12)13/h3-6H,2H2,1H3. The SMILES string of the molecule is CCOC(=O)c1ccc(C(F)(F)F)cc1. The molecule has 0 saturated carbocycles. The smallest absolute Gasteiger partial charge is 0.416 e. The van der Waals surface area contributed by atoms with Crippen LogP contribution in [0.25, 0.3) is 0 Å². The Kier molecular flexibility index (Phi) is 3.34. The maximum atomic E-state index is 12.2. The maximum Gasteiger partial charge on any atom is 0.416 e. The highest BCUT2D eigenvalue weighted by Gasteiger charge is 2.30. The number of halogens is 3. The van der Waals surface area contributed by atoms with Gasteiger partial charge in [-0.05, 0) is 31.2 Å². The van der Waals surface area contributed by atoms with Crippen LogP contribution in [0.1, 0.15) is 22.8 Å². The van der Waals surface area contributed by atoms with E-state index >= 15 is 0 Å². The summed E-state index contributed by atoms with van der Waals surface area (Å²) in [7, 11) is 0. The molecule has 0 aliphatic rings. The van der Waals surface area contributed by atoms with Gasteiger partial charge in [0.2, 0.25) is 0 Å². The second-order valence-electron chi connectivity index (χ2n) is 2.80. The fraction of sp³-hybridized carbons (Fsp3) is 0.300. The molecule has 1 aromatic carbocycles. The minimum atomic E-state index is -4.38. The molecule has 0 amide bonds. The number of rotatable bonds is 2. The molecule has 2 nitrogen and oxygen atoms in total. The Morgan fingerprint density at radius 2 is 1.80 bits per heavy atom. The van der Waals surface area contributed by atoms with Gasteiger partial charge in [0.25, 0.3) is 0 Å². The normalized spacial score (nSPS) is 11.2. The monoisotopic (exact) mass is 218 g/mol. The van der Waals surface area contributed by atoms with Crippen molar-refractivity contribution in [3.05, 3.63) is 35.4 Å². The molecule has 0 saturated heterocycles. The molecule has 1 aromatic rings. The largest absolute Gasteiger partial charge is 0.462 e. The van der Waals surface area contributed by atoms with Crippen LogP contribution >= 0.6 is 0 Å². The highest BCUT2D eigenvalue weighted by molar-refractivity contribution is 5.89. The van der Waals surface area contributed by atoms with E-state index in [1.165, 1.54) is 0 Å². The molecule has 0 unspecified atom stereocenters. The van der Waals surface area contributed by atoms with Gasteiger partial charge in [-0.15, -0.1) is 0 Å². The fourth-order valence-electron chi connectivity index (χ4n) is 1.01. The van der Waals surface area contributed by atoms with E-state index in [4.69, 9.17) is 0 Å². The Morgan fingerprint density at radius 1 is 1.27 bits per heavy atom. The minimum Gasteiger partial charge on any atom is -0.462 e. The van der Waals surface area contributed by atoms with Crippen LogP contribution < -0.4 is 0 Å². The van der Waals surface area contributed by atoms with Crippen LogP contribution in [-0.2, 0) is 10.9 Å². The second-order valence-corrected chi connectivity index (χ2v) is 2.80. The third kappa shape index (κ3) is 2.97. The van der Waals surface area contributed by atoms with Gasteiger partial charge < -0.3 is 4.74 Å². The molecule has 0 atom stereocenters. The number of esters is 1. The van der Waals surface area contributed by atoms with Gasteiger partial charge in [0, 0.05) is 0 Å². The summed E-state index contributed by atoms with van der Waals surface area (Å²) in [6.45, 7) is 1.82. The number of carbonyl (C=O) groups excluding carboxylic acids is 1. The Hall–Kier alpha value is -1.52. The molecule has 5 heteroatoms. The van der Waals surface area contributed by atoms with Crippen LogP contribution in [0.5, 0.6) is 0 Å². The van der Waals surface area contributed by atoms with Crippen LogP contribution in [0, 0.1) is 0 Å². The zero-order valence-electron chi connectivity index (χ0n) is 7.97. The van der Waals surface area contributed by atoms with Crippen molar-refractivity contribution in [2.45, 2.75) is 13.1 Å². The molecular weight excluding hydrogens is 209 g/mol. The number of benzene rings is 1. The zero-order chi connectivity index (χ0) is 11.5. The van der Waals surface area contributed by atoms with Crippen molar-refractivity contribution in [3.63, 3.8) is 0 Å². The average Bonchev–Trinajstić information content (AvgIpc) is 2.17. The average molecular weight is 218 g/mol. The van der Waals surface area contributed by atoms with Crippen molar-refractivity contribution in [2.75, 3.05) is 6.61 Å². The first kappa shape index (κ1) is 11.6. The van der Waals surface area contributed by atoms with Crippen LogP contribution in [0.15, 0.2) is 24.3 Å². The summed E-state index contributed by atoms with van der Waals surface area (Å²) >= 11 is 0. The number of alkyl halides is 3. The topological polar surface area (TPSA) is 26.3 Å². The predicted molar refractivity (Wildman–Crippen MR) is 47.4 cm³/mol. The lowest BCUT2D eigenvalue weighted by Crippen LogP contribution is -2.07. The quantitative estimate of drug-likeness (QED) is 0.713. The van der Waals surface area contributed by atoms with E-state index in [0.29, 0.717) is 0 Å². The van der Waals surface area contributed by atoms with Crippen LogP contribution in [0.3, 0.4) is 0 Å². The molecular formula is C10H9F3O2. The molecule has 0 aliphatic heterocycles. The van der Waals surface area contributed by atoms with Gasteiger partial charge in [-0.3, -0.25) is 0 Å². The van der Waals surface area contributed by atoms with Gasteiger partial charge in [-0.25, -0.2) is 4.79 Å². The highest BCUT2D eigenvalue weighted by atomic mass is 19.4. The van der Waals surface area contributed by atoms with Gasteiger partial charge in [0.1, 0.15) is 0 Å². The first-order valence-electron chi connectivity index (χ1n) is 4.29. The van der Waals surface area contributed by atoms with E-state index in [1.807, 2.05) is 0 Å². The molecule has 15 heavy (non-hydrogen) atoms. The van der Waals surface area contributed by atoms with E-state index in [2.05, 4.69) is 4.74 Å². The minimum absolute atomic E-state index is 0.116. The Labute approximate surface area is 84.7 Å². The number of carbonyl (C=O) groups is 1. The first-order chi connectivity index (χ1) is 6.95. The highest BCUT2D eigenvalue weighted by Crippen LogP contribution is 2.29. The Balaban J connectivity index is 2.86. The second kappa shape index (κ2) is 4.33. The molecule has 0 aromatic heterocycles. The third-order valence-electron chi connectivity index (χ3n) is 1.72. The molecule has 0 fully saturated rings. The predicted octanol–water partition coefficient (Wildman–Crippen LogP) is 2.88. The van der Waals surface area contributed by atoms with Gasteiger partial charge in [-0.2, -0.15) is 13.2 Å². The number of ether oxygens (including phenoxy) is 1. The molecule has 0 N–H and O–H groups in total. The number of hydrogen-bond acceptors (Lipinski definition) is 2.